The second-order valence-corrected chi connectivity index (χ2v) is 7.69. The molecular weight excluding hydrogens is 250 g/mol. The summed E-state index contributed by atoms with van der Waals surface area (Å²) in [7, 11) is -2.23. The van der Waals surface area contributed by atoms with Crippen LogP contribution in [0.25, 0.3) is 0 Å². The lowest BCUT2D eigenvalue weighted by Gasteiger charge is -2.29. The van der Waals surface area contributed by atoms with Gasteiger partial charge in [0.15, 0.2) is 0 Å². The van der Waals surface area contributed by atoms with E-state index in [9.17, 15) is 0 Å². The first kappa shape index (κ1) is 18.0. The summed E-state index contributed by atoms with van der Waals surface area (Å²) in [6.45, 7) is 7.41. The molecule has 0 aromatic rings. The first-order chi connectivity index (χ1) is 8.58. The standard InChI is InChI=1S/C11H29N3O3Si/c1-11(15-7-3-4-12)10-18(2,16-8-5-13)17-9-6-14/h11H,3-10,12-14H2,1-2H3. The van der Waals surface area contributed by atoms with Gasteiger partial charge in [-0.05, 0) is 26.4 Å². The van der Waals surface area contributed by atoms with Gasteiger partial charge < -0.3 is 30.8 Å². The Bertz CT molecular complexity index is 190. The fourth-order valence-corrected chi connectivity index (χ4v) is 4.24. The summed E-state index contributed by atoms with van der Waals surface area (Å²) in [4.78, 5) is 0. The second kappa shape index (κ2) is 10.9. The van der Waals surface area contributed by atoms with Crippen LogP contribution in [0.3, 0.4) is 0 Å². The minimum atomic E-state index is -2.23. The molecule has 1 unspecified atom stereocenters. The number of hydrogen-bond acceptors (Lipinski definition) is 6. The molecule has 0 rings (SSSR count). The quantitative estimate of drug-likeness (QED) is 0.336. The Morgan fingerprint density at radius 3 is 1.94 bits per heavy atom. The van der Waals surface area contributed by atoms with Crippen molar-refractivity contribution in [1.82, 2.24) is 0 Å². The topological polar surface area (TPSA) is 106 Å². The molecule has 110 valence electrons. The average Bonchev–Trinajstić information content (AvgIpc) is 2.34. The first-order valence-electron chi connectivity index (χ1n) is 6.57. The van der Waals surface area contributed by atoms with Crippen LogP contribution in [0.1, 0.15) is 13.3 Å². The van der Waals surface area contributed by atoms with Gasteiger partial charge in [-0.2, -0.15) is 0 Å². The molecular formula is C11H29N3O3Si. The smallest absolute Gasteiger partial charge is 0.337 e. The highest BCUT2D eigenvalue weighted by atomic mass is 28.4. The molecule has 0 aliphatic carbocycles. The van der Waals surface area contributed by atoms with Gasteiger partial charge in [0, 0.05) is 39.0 Å². The predicted octanol–water partition coefficient (Wildman–Crippen LogP) is -0.237. The molecule has 0 fully saturated rings. The molecule has 7 heteroatoms. The van der Waals surface area contributed by atoms with Crippen molar-refractivity contribution in [1.29, 1.82) is 0 Å². The number of nitrogens with two attached hydrogens (primary N) is 3. The van der Waals surface area contributed by atoms with Gasteiger partial charge in [0.25, 0.3) is 0 Å². The third-order valence-corrected chi connectivity index (χ3v) is 5.41. The maximum Gasteiger partial charge on any atom is 0.337 e. The Balaban J connectivity index is 4.10. The molecule has 0 amide bonds. The van der Waals surface area contributed by atoms with Gasteiger partial charge in [0.2, 0.25) is 0 Å². The monoisotopic (exact) mass is 279 g/mol. The lowest BCUT2D eigenvalue weighted by molar-refractivity contribution is 0.0656. The van der Waals surface area contributed by atoms with Gasteiger partial charge in [0.1, 0.15) is 0 Å². The highest BCUT2D eigenvalue weighted by Crippen LogP contribution is 2.17. The van der Waals surface area contributed by atoms with Crippen molar-refractivity contribution in [3.63, 3.8) is 0 Å². The summed E-state index contributed by atoms with van der Waals surface area (Å²) in [5.41, 5.74) is 16.4. The Kier molecular flexibility index (Phi) is 10.8. The molecule has 0 radical (unpaired) electrons. The molecule has 0 saturated carbocycles. The third kappa shape index (κ3) is 8.98. The molecule has 6 N–H and O–H groups in total. The van der Waals surface area contributed by atoms with E-state index in [-0.39, 0.29) is 6.10 Å². The van der Waals surface area contributed by atoms with E-state index in [1.807, 2.05) is 13.5 Å². The van der Waals surface area contributed by atoms with Crippen molar-refractivity contribution in [3.8, 4) is 0 Å². The number of ether oxygens (including phenoxy) is 1. The van der Waals surface area contributed by atoms with Crippen LogP contribution in [0, 0.1) is 0 Å². The van der Waals surface area contributed by atoms with E-state index in [4.69, 9.17) is 30.8 Å². The normalized spacial score (nSPS) is 13.8. The minimum Gasteiger partial charge on any atom is -0.393 e. The maximum absolute atomic E-state index is 5.79. The van der Waals surface area contributed by atoms with Crippen LogP contribution in [-0.4, -0.2) is 54.1 Å². The second-order valence-electron chi connectivity index (χ2n) is 4.44. The van der Waals surface area contributed by atoms with E-state index in [1.165, 1.54) is 0 Å². The molecule has 0 heterocycles. The lowest BCUT2D eigenvalue weighted by Crippen LogP contribution is -2.44. The van der Waals surface area contributed by atoms with Crippen molar-refractivity contribution in [2.45, 2.75) is 32.0 Å². The Morgan fingerprint density at radius 1 is 0.944 bits per heavy atom. The van der Waals surface area contributed by atoms with Crippen LogP contribution in [0.15, 0.2) is 0 Å². The van der Waals surface area contributed by atoms with E-state index in [2.05, 4.69) is 0 Å². The zero-order valence-electron chi connectivity index (χ0n) is 11.7. The fourth-order valence-electron chi connectivity index (χ4n) is 1.66. The zero-order chi connectivity index (χ0) is 13.9. The van der Waals surface area contributed by atoms with E-state index in [0.29, 0.717) is 39.5 Å². The van der Waals surface area contributed by atoms with Crippen LogP contribution in [0.5, 0.6) is 0 Å². The van der Waals surface area contributed by atoms with Gasteiger partial charge in [-0.3, -0.25) is 0 Å². The summed E-state index contributed by atoms with van der Waals surface area (Å²) < 4.78 is 17.2. The van der Waals surface area contributed by atoms with E-state index < -0.39 is 8.56 Å². The van der Waals surface area contributed by atoms with Gasteiger partial charge >= 0.3 is 8.56 Å². The van der Waals surface area contributed by atoms with Crippen molar-refractivity contribution in [2.75, 3.05) is 39.5 Å². The van der Waals surface area contributed by atoms with Crippen molar-refractivity contribution in [3.05, 3.63) is 0 Å². The van der Waals surface area contributed by atoms with Gasteiger partial charge in [0.05, 0.1) is 6.10 Å². The summed E-state index contributed by atoms with van der Waals surface area (Å²) in [5.74, 6) is 0. The minimum absolute atomic E-state index is 0.101. The highest BCUT2D eigenvalue weighted by Gasteiger charge is 2.33. The first-order valence-corrected chi connectivity index (χ1v) is 9.10. The van der Waals surface area contributed by atoms with Crippen molar-refractivity contribution >= 4 is 8.56 Å². The highest BCUT2D eigenvalue weighted by molar-refractivity contribution is 6.66. The largest absolute Gasteiger partial charge is 0.393 e. The van der Waals surface area contributed by atoms with Crippen molar-refractivity contribution < 1.29 is 13.6 Å². The molecule has 0 saturated heterocycles. The molecule has 0 aromatic heterocycles. The molecule has 6 nitrogen and oxygen atoms in total. The molecule has 0 aliphatic rings. The molecule has 1 atom stereocenters. The molecule has 0 aliphatic heterocycles. The summed E-state index contributed by atoms with van der Waals surface area (Å²) in [6.07, 6.45) is 0.972. The molecule has 0 spiro atoms. The Morgan fingerprint density at radius 2 is 1.50 bits per heavy atom. The third-order valence-electron chi connectivity index (χ3n) is 2.46. The SMILES string of the molecule is CC(C[Si](C)(OCCN)OCCN)OCCCN. The number of rotatable bonds is 12. The lowest BCUT2D eigenvalue weighted by atomic mass is 10.4. The van der Waals surface area contributed by atoms with E-state index in [1.54, 1.807) is 0 Å². The summed E-state index contributed by atoms with van der Waals surface area (Å²) in [5, 5.41) is 0. The van der Waals surface area contributed by atoms with Gasteiger partial charge in [-0.15, -0.1) is 0 Å². The van der Waals surface area contributed by atoms with Crippen molar-refractivity contribution in [2.24, 2.45) is 17.2 Å². The Hall–Kier alpha value is -0.0231. The average molecular weight is 279 g/mol. The predicted molar refractivity (Wildman–Crippen MR) is 75.5 cm³/mol. The Labute approximate surface area is 111 Å². The van der Waals surface area contributed by atoms with Crippen LogP contribution < -0.4 is 17.2 Å². The summed E-state index contributed by atoms with van der Waals surface area (Å²) >= 11 is 0. The van der Waals surface area contributed by atoms with Crippen LogP contribution in [0.4, 0.5) is 0 Å². The molecule has 0 bridgehead atoms. The number of hydrogen-bond donors (Lipinski definition) is 3. The van der Waals surface area contributed by atoms with E-state index >= 15 is 0 Å². The zero-order valence-corrected chi connectivity index (χ0v) is 12.7. The van der Waals surface area contributed by atoms with Crippen LogP contribution in [-0.2, 0) is 13.6 Å². The maximum atomic E-state index is 5.79. The fraction of sp³-hybridized carbons (Fsp3) is 1.00. The molecule has 0 aromatic carbocycles. The van der Waals surface area contributed by atoms with Crippen LogP contribution in [0.2, 0.25) is 12.6 Å². The van der Waals surface area contributed by atoms with Gasteiger partial charge in [-0.25, -0.2) is 0 Å². The molecule has 18 heavy (non-hydrogen) atoms. The van der Waals surface area contributed by atoms with Gasteiger partial charge in [-0.1, -0.05) is 0 Å². The summed E-state index contributed by atoms with van der Waals surface area (Å²) in [6, 6.07) is 0.775. The van der Waals surface area contributed by atoms with E-state index in [0.717, 1.165) is 12.5 Å². The van der Waals surface area contributed by atoms with Crippen LogP contribution >= 0.6 is 0 Å².